The zero-order valence-electron chi connectivity index (χ0n) is 17.4. The van der Waals surface area contributed by atoms with Gasteiger partial charge in [0.25, 0.3) is 0 Å². The first-order valence-electron chi connectivity index (χ1n) is 9.30. The van der Waals surface area contributed by atoms with Crippen LogP contribution >= 0.6 is 0 Å². The van der Waals surface area contributed by atoms with Crippen molar-refractivity contribution < 1.29 is 40.5 Å². The number of nitrogens with two attached hydrogens (primary N) is 1. The van der Waals surface area contributed by atoms with E-state index in [9.17, 15) is 36.3 Å². The minimum absolute atomic E-state index is 0.114. The van der Waals surface area contributed by atoms with E-state index >= 15 is 0 Å². The monoisotopic (exact) mass is 473 g/mol. The smallest absolute Gasteiger partial charge is 0.481 e. The molecule has 0 aliphatic carbocycles. The first-order valence-corrected chi connectivity index (χ1v) is 10.7. The van der Waals surface area contributed by atoms with Crippen molar-refractivity contribution in [1.82, 2.24) is 0 Å². The van der Waals surface area contributed by atoms with Crippen LogP contribution in [0.2, 0.25) is 0 Å². The molecule has 2 aromatic rings. The lowest BCUT2D eigenvalue weighted by Crippen LogP contribution is -2.28. The Hall–Kier alpha value is -3.08. The number of aliphatic carboxylic acids is 1. The standard InChI is InChI=1S/C21H22F3NO6S/c1-20(2,3)16-6-4-5-14(19(25)28)18(16)15(11-17(26)27)12-7-9-13(10-8-12)31-32(29,30)21(22,23)24/h4-10,15H,11H2,1-3H3,(H2,25,28)(H,26,27). The average molecular weight is 473 g/mol. The number of carboxylic acids is 1. The van der Waals surface area contributed by atoms with E-state index in [1.807, 2.05) is 20.8 Å². The predicted octanol–water partition coefficient (Wildman–Crippen LogP) is 3.92. The number of alkyl halides is 3. The number of amides is 1. The molecule has 2 rings (SSSR count). The van der Waals surface area contributed by atoms with E-state index in [2.05, 4.69) is 4.18 Å². The Morgan fingerprint density at radius 1 is 1.06 bits per heavy atom. The van der Waals surface area contributed by atoms with Gasteiger partial charge >= 0.3 is 21.6 Å². The fourth-order valence-electron chi connectivity index (χ4n) is 3.30. The molecule has 0 radical (unpaired) electrons. The Morgan fingerprint density at radius 3 is 2.06 bits per heavy atom. The Morgan fingerprint density at radius 2 is 1.62 bits per heavy atom. The molecule has 7 nitrogen and oxygen atoms in total. The number of hydrogen-bond acceptors (Lipinski definition) is 5. The van der Waals surface area contributed by atoms with E-state index in [-0.39, 0.29) is 5.56 Å². The van der Waals surface area contributed by atoms with Crippen molar-refractivity contribution in [2.45, 2.75) is 44.0 Å². The molecular formula is C21H22F3NO6S. The molecule has 0 saturated carbocycles. The highest BCUT2D eigenvalue weighted by Crippen LogP contribution is 2.39. The number of primary amides is 1. The maximum Gasteiger partial charge on any atom is 0.534 e. The minimum atomic E-state index is -5.85. The van der Waals surface area contributed by atoms with Gasteiger partial charge < -0.3 is 15.0 Å². The molecule has 32 heavy (non-hydrogen) atoms. The highest BCUT2D eigenvalue weighted by Gasteiger charge is 2.48. The van der Waals surface area contributed by atoms with Crippen LogP contribution in [0, 0.1) is 0 Å². The molecule has 0 heterocycles. The molecule has 0 aliphatic heterocycles. The lowest BCUT2D eigenvalue weighted by atomic mass is 9.75. The summed E-state index contributed by atoms with van der Waals surface area (Å²) in [5.74, 6) is -3.44. The van der Waals surface area contributed by atoms with Gasteiger partial charge in [0.15, 0.2) is 0 Å². The Kier molecular flexibility index (Phi) is 6.93. The van der Waals surface area contributed by atoms with Crippen molar-refractivity contribution in [2.75, 3.05) is 0 Å². The number of carboxylic acid groups (broad SMARTS) is 1. The quantitative estimate of drug-likeness (QED) is 0.464. The molecule has 174 valence electrons. The number of carbonyl (C=O) groups excluding carboxylic acids is 1. The zero-order valence-corrected chi connectivity index (χ0v) is 18.3. The molecule has 0 fully saturated rings. The Bertz CT molecular complexity index is 1120. The van der Waals surface area contributed by atoms with E-state index in [0.717, 1.165) is 12.1 Å². The highest BCUT2D eigenvalue weighted by molar-refractivity contribution is 7.88. The predicted molar refractivity (Wildman–Crippen MR) is 110 cm³/mol. The first-order chi connectivity index (χ1) is 14.5. The lowest BCUT2D eigenvalue weighted by molar-refractivity contribution is -0.137. The van der Waals surface area contributed by atoms with Crippen molar-refractivity contribution in [2.24, 2.45) is 5.73 Å². The summed E-state index contributed by atoms with van der Waals surface area (Å²) in [6.07, 6.45) is -0.450. The molecule has 0 aromatic heterocycles. The molecule has 1 atom stereocenters. The second kappa shape index (κ2) is 8.81. The zero-order chi connectivity index (χ0) is 24.5. The molecule has 2 aromatic carbocycles. The van der Waals surface area contributed by atoms with Crippen LogP contribution in [-0.2, 0) is 20.3 Å². The van der Waals surface area contributed by atoms with Gasteiger partial charge in [0.2, 0.25) is 5.91 Å². The number of rotatable bonds is 7. The minimum Gasteiger partial charge on any atom is -0.481 e. The third kappa shape index (κ3) is 5.58. The summed E-state index contributed by atoms with van der Waals surface area (Å²) in [4.78, 5) is 23.7. The maximum atomic E-state index is 12.5. The van der Waals surface area contributed by atoms with Gasteiger partial charge in [-0.1, -0.05) is 45.0 Å². The third-order valence-electron chi connectivity index (χ3n) is 4.68. The number of halogens is 3. The van der Waals surface area contributed by atoms with E-state index in [4.69, 9.17) is 5.73 Å². The van der Waals surface area contributed by atoms with Crippen molar-refractivity contribution in [1.29, 1.82) is 0 Å². The van der Waals surface area contributed by atoms with E-state index in [1.165, 1.54) is 18.2 Å². The van der Waals surface area contributed by atoms with Crippen molar-refractivity contribution >= 4 is 22.0 Å². The largest absolute Gasteiger partial charge is 0.534 e. The summed E-state index contributed by atoms with van der Waals surface area (Å²) < 4.78 is 64.1. The molecule has 0 saturated heterocycles. The van der Waals surface area contributed by atoms with Gasteiger partial charge in [-0.25, -0.2) is 0 Å². The maximum absolute atomic E-state index is 12.5. The van der Waals surface area contributed by atoms with Gasteiger partial charge in [-0.3, -0.25) is 9.59 Å². The molecule has 1 amide bonds. The van der Waals surface area contributed by atoms with E-state index in [1.54, 1.807) is 12.1 Å². The average Bonchev–Trinajstić information content (AvgIpc) is 2.64. The van der Waals surface area contributed by atoms with Crippen LogP contribution in [0.3, 0.4) is 0 Å². The Balaban J connectivity index is 2.63. The van der Waals surface area contributed by atoms with Gasteiger partial charge in [-0.05, 0) is 40.3 Å². The molecule has 0 spiro atoms. The van der Waals surface area contributed by atoms with E-state index in [0.29, 0.717) is 16.7 Å². The second-order valence-corrected chi connectivity index (χ2v) is 9.62. The Labute approximate surface area is 183 Å². The lowest BCUT2D eigenvalue weighted by Gasteiger charge is -2.29. The summed E-state index contributed by atoms with van der Waals surface area (Å²) in [5, 5.41) is 9.48. The third-order valence-corrected chi connectivity index (χ3v) is 5.66. The van der Waals surface area contributed by atoms with Crippen molar-refractivity contribution in [3.63, 3.8) is 0 Å². The van der Waals surface area contributed by atoms with Crippen LogP contribution in [0.15, 0.2) is 42.5 Å². The van der Waals surface area contributed by atoms with Crippen LogP contribution in [0.4, 0.5) is 13.2 Å². The van der Waals surface area contributed by atoms with Crippen molar-refractivity contribution in [3.8, 4) is 5.75 Å². The summed E-state index contributed by atoms with van der Waals surface area (Å²) in [6.45, 7) is 5.61. The summed E-state index contributed by atoms with van der Waals surface area (Å²) in [6, 6.07) is 9.30. The number of benzene rings is 2. The van der Waals surface area contributed by atoms with Gasteiger partial charge in [-0.15, -0.1) is 0 Å². The van der Waals surface area contributed by atoms with Crippen LogP contribution in [-0.4, -0.2) is 30.9 Å². The molecule has 1 unspecified atom stereocenters. The van der Waals surface area contributed by atoms with Gasteiger partial charge in [0.1, 0.15) is 5.75 Å². The number of hydrogen-bond donors (Lipinski definition) is 2. The fraction of sp³-hybridized carbons (Fsp3) is 0.333. The SMILES string of the molecule is CC(C)(C)c1cccc(C(N)=O)c1C(CC(=O)O)c1ccc(OS(=O)(=O)C(F)(F)F)cc1. The normalized spacial score (nSPS) is 13.4. The molecule has 0 aliphatic rings. The van der Waals surface area contributed by atoms with Gasteiger partial charge in [-0.2, -0.15) is 21.6 Å². The first kappa shape index (κ1) is 25.2. The van der Waals surface area contributed by atoms with E-state index < -0.39 is 51.0 Å². The van der Waals surface area contributed by atoms with Gasteiger partial charge in [0, 0.05) is 11.5 Å². The summed E-state index contributed by atoms with van der Waals surface area (Å²) in [7, 11) is -5.85. The van der Waals surface area contributed by atoms with Crippen LogP contribution in [0.25, 0.3) is 0 Å². The topological polar surface area (TPSA) is 124 Å². The highest BCUT2D eigenvalue weighted by atomic mass is 32.2. The fourth-order valence-corrected chi connectivity index (χ4v) is 3.76. The molecule has 0 bridgehead atoms. The van der Waals surface area contributed by atoms with Crippen LogP contribution in [0.5, 0.6) is 5.75 Å². The molecule has 11 heteroatoms. The van der Waals surface area contributed by atoms with Crippen LogP contribution in [0.1, 0.15) is 60.2 Å². The van der Waals surface area contributed by atoms with Crippen molar-refractivity contribution in [3.05, 3.63) is 64.7 Å². The summed E-state index contributed by atoms with van der Waals surface area (Å²) in [5.41, 5.74) is 0.917. The number of carbonyl (C=O) groups is 2. The van der Waals surface area contributed by atoms with Crippen LogP contribution < -0.4 is 9.92 Å². The molecule has 3 N–H and O–H groups in total. The summed E-state index contributed by atoms with van der Waals surface area (Å²) >= 11 is 0. The van der Waals surface area contributed by atoms with Gasteiger partial charge in [0.05, 0.1) is 6.42 Å². The second-order valence-electron chi connectivity index (χ2n) is 8.08. The molecular weight excluding hydrogens is 451 g/mol.